The molecule has 1 aromatic heterocycles. The Hall–Kier alpha value is -0.830. The van der Waals surface area contributed by atoms with Gasteiger partial charge in [-0.1, -0.05) is 20.8 Å². The normalized spacial score (nSPS) is 13.0. The minimum atomic E-state index is -0.0343. The summed E-state index contributed by atoms with van der Waals surface area (Å²) in [5.74, 6) is 2.30. The number of hydrogen-bond acceptors (Lipinski definition) is 4. The maximum absolute atomic E-state index is 5.78. The number of nitrogens with zero attached hydrogens (tertiary/aromatic N) is 3. The van der Waals surface area contributed by atoms with Crippen molar-refractivity contribution in [3.63, 3.8) is 0 Å². The highest BCUT2D eigenvalue weighted by Gasteiger charge is 2.21. The third kappa shape index (κ3) is 7.38. The molecule has 0 amide bonds. The zero-order valence-electron chi connectivity index (χ0n) is 16.4. The van der Waals surface area contributed by atoms with Gasteiger partial charge in [0.2, 0.25) is 5.89 Å². The van der Waals surface area contributed by atoms with Crippen molar-refractivity contribution in [3.8, 4) is 0 Å². The molecule has 0 fully saturated rings. The van der Waals surface area contributed by atoms with Crippen LogP contribution in [0.5, 0.6) is 0 Å². The molecule has 0 aromatic carbocycles. The van der Waals surface area contributed by atoms with E-state index in [-0.39, 0.29) is 34.9 Å². The molecule has 1 aromatic rings. The van der Waals surface area contributed by atoms with Crippen LogP contribution in [0.25, 0.3) is 0 Å². The maximum Gasteiger partial charge on any atom is 0.216 e. The van der Waals surface area contributed by atoms with Crippen molar-refractivity contribution in [1.29, 1.82) is 0 Å². The Bertz CT molecular complexity index is 517. The van der Waals surface area contributed by atoms with Gasteiger partial charge in [0, 0.05) is 24.0 Å². The van der Waals surface area contributed by atoms with Gasteiger partial charge in [0.1, 0.15) is 12.3 Å². The first kappa shape index (κ1) is 23.2. The van der Waals surface area contributed by atoms with E-state index in [2.05, 4.69) is 81.1 Å². The third-order valence-corrected chi connectivity index (χ3v) is 3.91. The number of hydrogen-bond donors (Lipinski definition) is 2. The first-order valence-electron chi connectivity index (χ1n) is 8.21. The Labute approximate surface area is 163 Å². The van der Waals surface area contributed by atoms with Crippen LogP contribution in [0, 0.1) is 0 Å². The molecule has 140 valence electrons. The van der Waals surface area contributed by atoms with Crippen LogP contribution >= 0.6 is 24.0 Å². The summed E-state index contributed by atoms with van der Waals surface area (Å²) in [6.45, 7) is 14.8. The largest absolute Gasteiger partial charge is 0.443 e. The molecule has 0 saturated carbocycles. The highest BCUT2D eigenvalue weighted by molar-refractivity contribution is 14.0. The summed E-state index contributed by atoms with van der Waals surface area (Å²) in [5, 5.41) is 6.63. The second-order valence-electron chi connectivity index (χ2n) is 7.62. The van der Waals surface area contributed by atoms with Crippen LogP contribution in [0.3, 0.4) is 0 Å². The molecule has 0 bridgehead atoms. The maximum atomic E-state index is 5.78. The van der Waals surface area contributed by atoms with E-state index in [0.29, 0.717) is 12.4 Å². The summed E-state index contributed by atoms with van der Waals surface area (Å²) < 4.78 is 5.78. The number of oxazole rings is 1. The molecule has 1 rings (SSSR count). The van der Waals surface area contributed by atoms with Crippen LogP contribution in [0.15, 0.2) is 15.6 Å². The van der Waals surface area contributed by atoms with Crippen molar-refractivity contribution >= 4 is 29.9 Å². The van der Waals surface area contributed by atoms with Crippen LogP contribution in [0.4, 0.5) is 0 Å². The zero-order valence-corrected chi connectivity index (χ0v) is 18.7. The summed E-state index contributed by atoms with van der Waals surface area (Å²) in [7, 11) is 4.15. The van der Waals surface area contributed by atoms with Crippen molar-refractivity contribution in [3.05, 3.63) is 17.8 Å². The first-order chi connectivity index (χ1) is 10.6. The topological polar surface area (TPSA) is 65.7 Å². The van der Waals surface area contributed by atoms with Crippen LogP contribution in [-0.4, -0.2) is 48.6 Å². The predicted octanol–water partition coefficient (Wildman–Crippen LogP) is 2.99. The Morgan fingerprint density at radius 3 is 2.29 bits per heavy atom. The van der Waals surface area contributed by atoms with E-state index in [0.717, 1.165) is 24.8 Å². The molecule has 0 unspecified atom stereocenters. The van der Waals surface area contributed by atoms with Crippen molar-refractivity contribution < 1.29 is 4.42 Å². The van der Waals surface area contributed by atoms with Gasteiger partial charge in [0.25, 0.3) is 0 Å². The second-order valence-corrected chi connectivity index (χ2v) is 7.62. The summed E-state index contributed by atoms with van der Waals surface area (Å²) in [5.41, 5.74) is 0.00593. The minimum Gasteiger partial charge on any atom is -0.443 e. The molecule has 6 nitrogen and oxygen atoms in total. The molecule has 0 aliphatic rings. The lowest BCUT2D eigenvalue weighted by Gasteiger charge is -2.33. The number of rotatable bonds is 6. The number of nitrogens with one attached hydrogen (secondary N) is 2. The van der Waals surface area contributed by atoms with E-state index in [9.17, 15) is 0 Å². The summed E-state index contributed by atoms with van der Waals surface area (Å²) in [4.78, 5) is 11.1. The van der Waals surface area contributed by atoms with Gasteiger partial charge in [0.15, 0.2) is 5.96 Å². The second kappa shape index (κ2) is 9.60. The van der Waals surface area contributed by atoms with Crippen LogP contribution in [-0.2, 0) is 12.0 Å². The van der Waals surface area contributed by atoms with E-state index in [1.807, 2.05) is 0 Å². The number of guanidine groups is 1. The lowest BCUT2D eigenvalue weighted by molar-refractivity contribution is 0.197. The van der Waals surface area contributed by atoms with Gasteiger partial charge in [-0.2, -0.15) is 0 Å². The zero-order chi connectivity index (χ0) is 17.7. The quantitative estimate of drug-likeness (QED) is 0.396. The number of aromatic nitrogens is 1. The average molecular weight is 451 g/mol. The molecule has 0 aliphatic heterocycles. The Morgan fingerprint density at radius 1 is 1.21 bits per heavy atom. The summed E-state index contributed by atoms with van der Waals surface area (Å²) in [6, 6.07) is 0. The lowest BCUT2D eigenvalue weighted by atomic mass is 9.94. The molecule has 1 heterocycles. The van der Waals surface area contributed by atoms with Crippen LogP contribution < -0.4 is 10.6 Å². The van der Waals surface area contributed by atoms with E-state index in [1.54, 1.807) is 6.20 Å². The SMILES string of the molecule is CCNC(=NCc1ncc(C(C)(C)C)o1)NCC(C)(C)N(C)C.I. The molecule has 0 saturated heterocycles. The highest BCUT2D eigenvalue weighted by Crippen LogP contribution is 2.22. The fourth-order valence-corrected chi connectivity index (χ4v) is 1.68. The molecule has 24 heavy (non-hydrogen) atoms. The standard InChI is InChI=1S/C17H33N5O.HI/c1-9-18-15(21-12-17(5,6)22(7)8)20-11-14-19-10-13(23-14)16(2,3)4;/h10H,9,11-12H2,1-8H3,(H2,18,20,21);1H. The minimum absolute atomic E-state index is 0. The first-order valence-corrected chi connectivity index (χ1v) is 8.21. The van der Waals surface area contributed by atoms with Crippen molar-refractivity contribution in [1.82, 2.24) is 20.5 Å². The van der Waals surface area contributed by atoms with Gasteiger partial charge >= 0.3 is 0 Å². The van der Waals surface area contributed by atoms with Crippen LogP contribution in [0.2, 0.25) is 0 Å². The van der Waals surface area contributed by atoms with Gasteiger partial charge in [0.05, 0.1) is 6.20 Å². The molecule has 2 N–H and O–H groups in total. The van der Waals surface area contributed by atoms with Crippen molar-refractivity contribution in [2.75, 3.05) is 27.2 Å². The number of likely N-dealkylation sites (N-methyl/N-ethyl adjacent to an activating group) is 1. The van der Waals surface area contributed by atoms with Crippen molar-refractivity contribution in [2.45, 2.75) is 59.0 Å². The Balaban J connectivity index is 0.00000529. The fourth-order valence-electron chi connectivity index (χ4n) is 1.68. The smallest absolute Gasteiger partial charge is 0.216 e. The molecule has 0 spiro atoms. The lowest BCUT2D eigenvalue weighted by Crippen LogP contribution is -2.50. The van der Waals surface area contributed by atoms with Crippen LogP contribution in [0.1, 0.15) is 53.2 Å². The third-order valence-electron chi connectivity index (χ3n) is 3.91. The van der Waals surface area contributed by atoms with Gasteiger partial charge in [-0.05, 0) is 34.9 Å². The molecule has 7 heteroatoms. The van der Waals surface area contributed by atoms with Crippen molar-refractivity contribution in [2.24, 2.45) is 4.99 Å². The predicted molar refractivity (Wildman–Crippen MR) is 111 cm³/mol. The Kier molecular flexibility index (Phi) is 9.27. The summed E-state index contributed by atoms with van der Waals surface area (Å²) >= 11 is 0. The van der Waals surface area contributed by atoms with E-state index in [4.69, 9.17) is 4.42 Å². The Morgan fingerprint density at radius 2 is 1.83 bits per heavy atom. The highest BCUT2D eigenvalue weighted by atomic mass is 127. The van der Waals surface area contributed by atoms with Gasteiger partial charge in [-0.3, -0.25) is 0 Å². The molecule has 0 radical (unpaired) electrons. The van der Waals surface area contributed by atoms with Gasteiger partial charge < -0.3 is 20.0 Å². The molecule has 0 aliphatic carbocycles. The van der Waals surface area contributed by atoms with E-state index >= 15 is 0 Å². The number of aliphatic imine (C=N–C) groups is 1. The number of halogens is 1. The average Bonchev–Trinajstić information content (AvgIpc) is 2.90. The van der Waals surface area contributed by atoms with Gasteiger partial charge in [-0.15, -0.1) is 24.0 Å². The summed E-state index contributed by atoms with van der Waals surface area (Å²) in [6.07, 6.45) is 1.79. The fraction of sp³-hybridized carbons (Fsp3) is 0.765. The van der Waals surface area contributed by atoms with E-state index < -0.39 is 0 Å². The molecule has 0 atom stereocenters. The molecular formula is C17H34IN5O. The monoisotopic (exact) mass is 451 g/mol. The molecular weight excluding hydrogens is 417 g/mol. The van der Waals surface area contributed by atoms with Gasteiger partial charge in [-0.25, -0.2) is 9.98 Å². The van der Waals surface area contributed by atoms with E-state index in [1.165, 1.54) is 0 Å².